The van der Waals surface area contributed by atoms with E-state index < -0.39 is 5.60 Å². The molecule has 1 fully saturated rings. The molecular formula is C18H27NO4. The maximum absolute atomic E-state index is 12.3. The van der Waals surface area contributed by atoms with Crippen LogP contribution in [0.3, 0.4) is 0 Å². The zero-order chi connectivity index (χ0) is 16.9. The molecule has 23 heavy (non-hydrogen) atoms. The first-order valence-corrected chi connectivity index (χ1v) is 8.15. The molecule has 0 aromatic heterocycles. The van der Waals surface area contributed by atoms with Crippen molar-refractivity contribution in [1.29, 1.82) is 0 Å². The predicted octanol–water partition coefficient (Wildman–Crippen LogP) is 2.40. The van der Waals surface area contributed by atoms with Gasteiger partial charge in [0.1, 0.15) is 0 Å². The molecule has 0 spiro atoms. The fourth-order valence-corrected chi connectivity index (χ4v) is 3.20. The van der Waals surface area contributed by atoms with Crippen LogP contribution in [0.4, 0.5) is 0 Å². The highest BCUT2D eigenvalue weighted by atomic mass is 16.5. The van der Waals surface area contributed by atoms with Crippen LogP contribution in [0.25, 0.3) is 0 Å². The smallest absolute Gasteiger partial charge is 0.222 e. The highest BCUT2D eigenvalue weighted by Crippen LogP contribution is 2.30. The molecule has 1 amide bonds. The van der Waals surface area contributed by atoms with E-state index in [0.717, 1.165) is 31.2 Å². The van der Waals surface area contributed by atoms with Crippen molar-refractivity contribution in [3.8, 4) is 11.5 Å². The van der Waals surface area contributed by atoms with Crippen LogP contribution in [0, 0.1) is 0 Å². The number of amides is 1. The maximum Gasteiger partial charge on any atom is 0.222 e. The van der Waals surface area contributed by atoms with Crippen LogP contribution in [-0.2, 0) is 11.2 Å². The Bertz CT molecular complexity index is 538. The van der Waals surface area contributed by atoms with Gasteiger partial charge in [0, 0.05) is 20.0 Å². The summed E-state index contributed by atoms with van der Waals surface area (Å²) in [6.45, 7) is 0.428. The Morgan fingerprint density at radius 1 is 1.22 bits per heavy atom. The molecule has 1 aromatic rings. The van der Waals surface area contributed by atoms with E-state index in [4.69, 9.17) is 9.47 Å². The molecule has 0 atom stereocenters. The SMILES string of the molecule is COc1ccc(CCC(=O)N(C)CC2(O)CCCC2)cc1OC. The van der Waals surface area contributed by atoms with E-state index in [2.05, 4.69) is 0 Å². The summed E-state index contributed by atoms with van der Waals surface area (Å²) < 4.78 is 10.5. The molecule has 1 aliphatic carbocycles. The number of carbonyl (C=O) groups is 1. The molecule has 0 radical (unpaired) electrons. The number of aliphatic hydroxyl groups is 1. The van der Waals surface area contributed by atoms with Crippen LogP contribution in [0.5, 0.6) is 11.5 Å². The van der Waals surface area contributed by atoms with Crippen molar-refractivity contribution >= 4 is 5.91 Å². The summed E-state index contributed by atoms with van der Waals surface area (Å²) in [5.74, 6) is 1.41. The third kappa shape index (κ3) is 4.61. The Balaban J connectivity index is 1.88. The van der Waals surface area contributed by atoms with Crippen molar-refractivity contribution in [1.82, 2.24) is 4.90 Å². The lowest BCUT2D eigenvalue weighted by atomic mass is 10.0. The Morgan fingerprint density at radius 3 is 2.48 bits per heavy atom. The molecule has 0 saturated heterocycles. The molecule has 1 saturated carbocycles. The fraction of sp³-hybridized carbons (Fsp3) is 0.611. The summed E-state index contributed by atoms with van der Waals surface area (Å²) in [7, 11) is 4.97. The lowest BCUT2D eigenvalue weighted by Crippen LogP contribution is -2.42. The number of likely N-dealkylation sites (N-methyl/N-ethyl adjacent to an activating group) is 1. The molecule has 2 rings (SSSR count). The first-order chi connectivity index (χ1) is 11.0. The number of methoxy groups -OCH3 is 2. The van der Waals surface area contributed by atoms with Gasteiger partial charge in [-0.15, -0.1) is 0 Å². The average Bonchev–Trinajstić information content (AvgIpc) is 2.98. The summed E-state index contributed by atoms with van der Waals surface area (Å²) in [5, 5.41) is 10.4. The molecule has 1 N–H and O–H groups in total. The molecular weight excluding hydrogens is 294 g/mol. The second-order valence-electron chi connectivity index (χ2n) is 6.37. The van der Waals surface area contributed by atoms with E-state index in [0.29, 0.717) is 30.9 Å². The standard InChI is InChI=1S/C18H27NO4/c1-19(13-18(21)10-4-5-11-18)17(20)9-7-14-6-8-15(22-2)16(12-14)23-3/h6,8,12,21H,4-5,7,9-11,13H2,1-3H3. The summed E-state index contributed by atoms with van der Waals surface area (Å²) >= 11 is 0. The van der Waals surface area contributed by atoms with Crippen molar-refractivity contribution in [2.24, 2.45) is 0 Å². The lowest BCUT2D eigenvalue weighted by Gasteiger charge is -2.28. The molecule has 0 aliphatic heterocycles. The Hall–Kier alpha value is -1.75. The fourth-order valence-electron chi connectivity index (χ4n) is 3.20. The molecule has 0 bridgehead atoms. The highest BCUT2D eigenvalue weighted by molar-refractivity contribution is 5.76. The maximum atomic E-state index is 12.3. The van der Waals surface area contributed by atoms with Gasteiger partial charge in [-0.2, -0.15) is 0 Å². The second-order valence-corrected chi connectivity index (χ2v) is 6.37. The van der Waals surface area contributed by atoms with Crippen molar-refractivity contribution in [3.63, 3.8) is 0 Å². The third-order valence-electron chi connectivity index (χ3n) is 4.57. The minimum Gasteiger partial charge on any atom is -0.493 e. The van der Waals surface area contributed by atoms with Gasteiger partial charge in [0.05, 0.1) is 19.8 Å². The van der Waals surface area contributed by atoms with Gasteiger partial charge in [-0.25, -0.2) is 0 Å². The van der Waals surface area contributed by atoms with E-state index in [1.165, 1.54) is 0 Å². The summed E-state index contributed by atoms with van der Waals surface area (Å²) in [6.07, 6.45) is 4.74. The van der Waals surface area contributed by atoms with Crippen LogP contribution in [-0.4, -0.2) is 49.3 Å². The van der Waals surface area contributed by atoms with Gasteiger partial charge in [0.15, 0.2) is 11.5 Å². The second kappa shape index (κ2) is 7.68. The number of nitrogens with zero attached hydrogens (tertiary/aromatic N) is 1. The van der Waals surface area contributed by atoms with Crippen LogP contribution in [0.1, 0.15) is 37.7 Å². The van der Waals surface area contributed by atoms with Crippen LogP contribution < -0.4 is 9.47 Å². The molecule has 128 valence electrons. The number of aryl methyl sites for hydroxylation is 1. The topological polar surface area (TPSA) is 59.0 Å². The van der Waals surface area contributed by atoms with Crippen molar-refractivity contribution in [2.75, 3.05) is 27.8 Å². The van der Waals surface area contributed by atoms with Crippen LogP contribution in [0.2, 0.25) is 0 Å². The molecule has 1 aliphatic rings. The minimum atomic E-state index is -0.687. The normalized spacial score (nSPS) is 16.2. The monoisotopic (exact) mass is 321 g/mol. The van der Waals surface area contributed by atoms with Crippen molar-refractivity contribution < 1.29 is 19.4 Å². The zero-order valence-electron chi connectivity index (χ0n) is 14.3. The Kier molecular flexibility index (Phi) is 5.88. The number of hydrogen-bond acceptors (Lipinski definition) is 4. The Morgan fingerprint density at radius 2 is 1.87 bits per heavy atom. The molecule has 5 nitrogen and oxygen atoms in total. The van der Waals surface area contributed by atoms with Crippen LogP contribution >= 0.6 is 0 Å². The summed E-state index contributed by atoms with van der Waals surface area (Å²) in [6, 6.07) is 5.69. The van der Waals surface area contributed by atoms with E-state index in [9.17, 15) is 9.90 Å². The number of rotatable bonds is 7. The lowest BCUT2D eigenvalue weighted by molar-refractivity contribution is -0.133. The predicted molar refractivity (Wildman–Crippen MR) is 88.9 cm³/mol. The Labute approximate surface area is 138 Å². The first-order valence-electron chi connectivity index (χ1n) is 8.15. The van der Waals surface area contributed by atoms with Gasteiger partial charge < -0.3 is 19.5 Å². The number of ether oxygens (including phenoxy) is 2. The molecule has 1 aromatic carbocycles. The summed E-state index contributed by atoms with van der Waals surface area (Å²) in [5.41, 5.74) is 0.345. The van der Waals surface area contributed by atoms with Crippen molar-refractivity contribution in [2.45, 2.75) is 44.1 Å². The van der Waals surface area contributed by atoms with Gasteiger partial charge in [-0.05, 0) is 37.0 Å². The van der Waals surface area contributed by atoms with Gasteiger partial charge in [-0.3, -0.25) is 4.79 Å². The number of hydrogen-bond donors (Lipinski definition) is 1. The quantitative estimate of drug-likeness (QED) is 0.838. The van der Waals surface area contributed by atoms with E-state index in [1.54, 1.807) is 26.2 Å². The van der Waals surface area contributed by atoms with Crippen molar-refractivity contribution in [3.05, 3.63) is 23.8 Å². The van der Waals surface area contributed by atoms with Gasteiger partial charge in [0.25, 0.3) is 0 Å². The number of carbonyl (C=O) groups excluding carboxylic acids is 1. The van der Waals surface area contributed by atoms with E-state index in [-0.39, 0.29) is 5.91 Å². The molecule has 0 heterocycles. The van der Waals surface area contributed by atoms with E-state index >= 15 is 0 Å². The van der Waals surface area contributed by atoms with E-state index in [1.807, 2.05) is 18.2 Å². The largest absolute Gasteiger partial charge is 0.493 e. The summed E-state index contributed by atoms with van der Waals surface area (Å²) in [4.78, 5) is 13.9. The molecule has 5 heteroatoms. The van der Waals surface area contributed by atoms with Gasteiger partial charge >= 0.3 is 0 Å². The van der Waals surface area contributed by atoms with Crippen LogP contribution in [0.15, 0.2) is 18.2 Å². The first kappa shape index (κ1) is 17.6. The zero-order valence-corrected chi connectivity index (χ0v) is 14.3. The highest BCUT2D eigenvalue weighted by Gasteiger charge is 2.33. The number of benzene rings is 1. The van der Waals surface area contributed by atoms with Gasteiger partial charge in [-0.1, -0.05) is 18.9 Å². The third-order valence-corrected chi connectivity index (χ3v) is 4.57. The molecule has 0 unspecified atom stereocenters. The average molecular weight is 321 g/mol. The minimum absolute atomic E-state index is 0.0557. The van der Waals surface area contributed by atoms with Gasteiger partial charge in [0.2, 0.25) is 5.91 Å².